The van der Waals surface area contributed by atoms with Gasteiger partial charge in [0.2, 0.25) is 5.91 Å². The number of nitrogens with zero attached hydrogens (tertiary/aromatic N) is 2. The fraction of sp³-hybridized carbons (Fsp3) is 0.800. The number of hydrogen-bond donors (Lipinski definition) is 1. The van der Waals surface area contributed by atoms with Gasteiger partial charge >= 0.3 is 5.97 Å². The van der Waals surface area contributed by atoms with E-state index in [4.69, 9.17) is 5.11 Å². The van der Waals surface area contributed by atoms with Crippen LogP contribution in [0, 0.1) is 0 Å². The molecule has 0 radical (unpaired) electrons. The van der Waals surface area contributed by atoms with Crippen molar-refractivity contribution in [2.75, 3.05) is 38.7 Å². The first-order chi connectivity index (χ1) is 8.21. The maximum absolute atomic E-state index is 11.9. The fourth-order valence-electron chi connectivity index (χ4n) is 1.95. The normalized spacial score (nSPS) is 23.1. The van der Waals surface area contributed by atoms with Crippen molar-refractivity contribution in [1.82, 2.24) is 9.80 Å². The molecule has 0 aromatic carbocycles. The van der Waals surface area contributed by atoms with Gasteiger partial charge in [0.05, 0.1) is 30.5 Å². The van der Waals surface area contributed by atoms with Crippen LogP contribution in [-0.2, 0) is 19.4 Å². The van der Waals surface area contributed by atoms with Gasteiger partial charge in [0.25, 0.3) is 0 Å². The molecule has 8 heteroatoms. The second-order valence-corrected chi connectivity index (χ2v) is 6.92. The Balaban J connectivity index is 2.81. The van der Waals surface area contributed by atoms with E-state index < -0.39 is 21.8 Å². The van der Waals surface area contributed by atoms with Crippen molar-refractivity contribution >= 4 is 21.7 Å². The van der Waals surface area contributed by atoms with E-state index in [1.54, 1.807) is 19.0 Å². The fourth-order valence-corrected chi connectivity index (χ4v) is 3.47. The van der Waals surface area contributed by atoms with Gasteiger partial charge in [-0.2, -0.15) is 0 Å². The molecule has 104 valence electrons. The summed E-state index contributed by atoms with van der Waals surface area (Å²) in [6.07, 6.45) is -0.335. The quantitative estimate of drug-likeness (QED) is 0.683. The molecule has 1 aliphatic heterocycles. The molecule has 7 nitrogen and oxygen atoms in total. The van der Waals surface area contributed by atoms with Gasteiger partial charge in [-0.1, -0.05) is 0 Å². The third-order valence-corrected chi connectivity index (χ3v) is 4.41. The molecule has 1 N–H and O–H groups in total. The summed E-state index contributed by atoms with van der Waals surface area (Å²) < 4.78 is 23.0. The lowest BCUT2D eigenvalue weighted by Gasteiger charge is -2.35. The van der Waals surface area contributed by atoms with E-state index in [1.807, 2.05) is 0 Å². The lowest BCUT2D eigenvalue weighted by atomic mass is 10.2. The molecule has 0 bridgehead atoms. The zero-order valence-electron chi connectivity index (χ0n) is 10.5. The average Bonchev–Trinajstić information content (AvgIpc) is 2.13. The second kappa shape index (κ2) is 5.66. The van der Waals surface area contributed by atoms with E-state index in [0.29, 0.717) is 0 Å². The minimum absolute atomic E-state index is 0.0763. The summed E-state index contributed by atoms with van der Waals surface area (Å²) in [7, 11) is 0.211. The Hall–Kier alpha value is -1.15. The molecule has 1 heterocycles. The molecule has 0 aromatic rings. The smallest absolute Gasteiger partial charge is 0.305 e. The zero-order chi connectivity index (χ0) is 13.9. The van der Waals surface area contributed by atoms with Crippen LogP contribution in [0.2, 0.25) is 0 Å². The van der Waals surface area contributed by atoms with Crippen molar-refractivity contribution in [3.63, 3.8) is 0 Å². The minimum Gasteiger partial charge on any atom is -0.481 e. The molecule has 1 saturated heterocycles. The van der Waals surface area contributed by atoms with E-state index in [9.17, 15) is 18.0 Å². The monoisotopic (exact) mass is 278 g/mol. The Morgan fingerprint density at radius 1 is 1.39 bits per heavy atom. The number of carbonyl (C=O) groups is 2. The van der Waals surface area contributed by atoms with Crippen LogP contribution in [0.25, 0.3) is 0 Å². The van der Waals surface area contributed by atoms with E-state index >= 15 is 0 Å². The van der Waals surface area contributed by atoms with Gasteiger partial charge in [0, 0.05) is 6.54 Å². The van der Waals surface area contributed by atoms with Gasteiger partial charge in [-0.25, -0.2) is 8.42 Å². The third kappa shape index (κ3) is 4.26. The number of rotatable bonds is 4. The highest BCUT2D eigenvalue weighted by Gasteiger charge is 2.35. The molecule has 0 aromatic heterocycles. The maximum atomic E-state index is 11.9. The highest BCUT2D eigenvalue weighted by Crippen LogP contribution is 2.15. The molecular formula is C10H18N2O5S. The molecule has 1 rings (SSSR count). The second-order valence-electron chi connectivity index (χ2n) is 4.69. The molecule has 1 amide bonds. The lowest BCUT2D eigenvalue weighted by Crippen LogP contribution is -2.53. The van der Waals surface area contributed by atoms with E-state index in [2.05, 4.69) is 0 Å². The molecule has 0 spiro atoms. The molecule has 0 saturated carbocycles. The highest BCUT2D eigenvalue weighted by atomic mass is 32.2. The standard InChI is InChI=1S/C10H18N2O5S/c1-11(2)6-9(13)12-3-4-18(16,17)7-8(12)5-10(14)15/h8H,3-7H2,1-2H3,(H,14,15). The van der Waals surface area contributed by atoms with Gasteiger partial charge < -0.3 is 14.9 Å². The molecule has 18 heavy (non-hydrogen) atoms. The molecule has 1 aliphatic rings. The number of carboxylic acids is 1. The van der Waals surface area contributed by atoms with Crippen molar-refractivity contribution in [1.29, 1.82) is 0 Å². The van der Waals surface area contributed by atoms with E-state index in [1.165, 1.54) is 4.90 Å². The van der Waals surface area contributed by atoms with Crippen LogP contribution < -0.4 is 0 Å². The summed E-state index contributed by atoms with van der Waals surface area (Å²) in [5, 5.41) is 8.77. The third-order valence-electron chi connectivity index (χ3n) is 2.71. The summed E-state index contributed by atoms with van der Waals surface area (Å²) in [6.45, 7) is 0.225. The van der Waals surface area contributed by atoms with E-state index in [-0.39, 0.29) is 36.9 Å². The number of sulfone groups is 1. The number of amides is 1. The van der Waals surface area contributed by atoms with Crippen LogP contribution in [0.4, 0.5) is 0 Å². The molecule has 1 atom stereocenters. The van der Waals surface area contributed by atoms with Crippen LogP contribution in [0.5, 0.6) is 0 Å². The van der Waals surface area contributed by atoms with Crippen LogP contribution >= 0.6 is 0 Å². The Kier molecular flexibility index (Phi) is 4.69. The van der Waals surface area contributed by atoms with Crippen LogP contribution in [0.1, 0.15) is 6.42 Å². The van der Waals surface area contributed by atoms with Crippen molar-refractivity contribution in [3.8, 4) is 0 Å². The molecule has 0 aliphatic carbocycles. The first-order valence-electron chi connectivity index (χ1n) is 5.57. The van der Waals surface area contributed by atoms with Gasteiger partial charge in [0.1, 0.15) is 0 Å². The largest absolute Gasteiger partial charge is 0.481 e. The maximum Gasteiger partial charge on any atom is 0.305 e. The summed E-state index contributed by atoms with van der Waals surface area (Å²) >= 11 is 0. The summed E-state index contributed by atoms with van der Waals surface area (Å²) in [5.41, 5.74) is 0. The minimum atomic E-state index is -3.24. The summed E-state index contributed by atoms with van der Waals surface area (Å²) in [4.78, 5) is 25.7. The predicted molar refractivity (Wildman–Crippen MR) is 65.0 cm³/mol. The number of aliphatic carboxylic acids is 1. The van der Waals surface area contributed by atoms with Gasteiger partial charge in [-0.3, -0.25) is 9.59 Å². The van der Waals surface area contributed by atoms with Crippen molar-refractivity contribution in [2.24, 2.45) is 0 Å². The predicted octanol–water partition coefficient (Wildman–Crippen LogP) is -1.35. The molecule has 1 unspecified atom stereocenters. The Morgan fingerprint density at radius 3 is 2.50 bits per heavy atom. The Labute approximate surface area is 106 Å². The topological polar surface area (TPSA) is 95.0 Å². The number of carbonyl (C=O) groups excluding carboxylic acids is 1. The van der Waals surface area contributed by atoms with Gasteiger partial charge in [0.15, 0.2) is 9.84 Å². The van der Waals surface area contributed by atoms with Crippen molar-refractivity contribution < 1.29 is 23.1 Å². The Bertz CT molecular complexity index is 432. The van der Waals surface area contributed by atoms with Crippen molar-refractivity contribution in [3.05, 3.63) is 0 Å². The molecular weight excluding hydrogens is 260 g/mol. The number of hydrogen-bond acceptors (Lipinski definition) is 5. The number of carboxylic acid groups (broad SMARTS) is 1. The summed E-state index contributed by atoms with van der Waals surface area (Å²) in [6, 6.07) is -0.756. The van der Waals surface area contributed by atoms with Crippen LogP contribution in [0.3, 0.4) is 0 Å². The van der Waals surface area contributed by atoms with E-state index in [0.717, 1.165) is 0 Å². The average molecular weight is 278 g/mol. The van der Waals surface area contributed by atoms with Crippen LogP contribution in [0.15, 0.2) is 0 Å². The first kappa shape index (κ1) is 14.9. The first-order valence-corrected chi connectivity index (χ1v) is 7.40. The Morgan fingerprint density at radius 2 is 2.00 bits per heavy atom. The van der Waals surface area contributed by atoms with Crippen molar-refractivity contribution in [2.45, 2.75) is 12.5 Å². The number of likely N-dealkylation sites (N-methyl/N-ethyl adjacent to an activating group) is 1. The van der Waals surface area contributed by atoms with Crippen LogP contribution in [-0.4, -0.2) is 79.9 Å². The molecule has 1 fully saturated rings. The SMILES string of the molecule is CN(C)CC(=O)N1CCS(=O)(=O)CC1CC(=O)O. The lowest BCUT2D eigenvalue weighted by molar-refractivity contribution is -0.140. The highest BCUT2D eigenvalue weighted by molar-refractivity contribution is 7.91. The van der Waals surface area contributed by atoms with Gasteiger partial charge in [-0.05, 0) is 14.1 Å². The van der Waals surface area contributed by atoms with Gasteiger partial charge in [-0.15, -0.1) is 0 Å². The zero-order valence-corrected chi connectivity index (χ0v) is 11.3. The summed E-state index contributed by atoms with van der Waals surface area (Å²) in [5.74, 6) is -1.69.